The molecule has 2 aliphatic rings. The van der Waals surface area contributed by atoms with Gasteiger partial charge in [-0.3, -0.25) is 24.1 Å². The average Bonchev–Trinajstić information content (AvgIpc) is 3.74. The van der Waals surface area contributed by atoms with E-state index in [0.717, 1.165) is 21.6 Å². The van der Waals surface area contributed by atoms with Crippen LogP contribution in [0.15, 0.2) is 121 Å². The van der Waals surface area contributed by atoms with Crippen molar-refractivity contribution in [2.24, 2.45) is 0 Å². The molecule has 5 aromatic rings. The Bertz CT molecular complexity index is 2120. The van der Waals surface area contributed by atoms with E-state index in [4.69, 9.17) is 4.74 Å². The Balaban J connectivity index is 1.35. The SMILES string of the molecule is Cc1ccccc1N1C(=O)CNC(=O)[C@H](Cc2ccc(-c3ccccc3)cc2)NC(=O)[C@H](C(C)c2cccs2)NC(=O)COc2ccc(cc2)C[C@H]1C(=O)O. The number of thiophene rings is 1. The van der Waals surface area contributed by atoms with Gasteiger partial charge < -0.3 is 25.8 Å². The lowest BCUT2D eigenvalue weighted by atomic mass is 9.97. The normalized spacial score (nSPS) is 19.2. The van der Waals surface area contributed by atoms with Crippen LogP contribution in [-0.2, 0) is 36.8 Å². The summed E-state index contributed by atoms with van der Waals surface area (Å²) in [6.45, 7) is 2.65. The topological polar surface area (TPSA) is 154 Å². The van der Waals surface area contributed by atoms with Crippen LogP contribution < -0.4 is 25.6 Å². The Hall–Kier alpha value is -6.27. The van der Waals surface area contributed by atoms with Crippen LogP contribution in [0.2, 0.25) is 0 Å². The van der Waals surface area contributed by atoms with Gasteiger partial charge in [0, 0.05) is 29.3 Å². The Morgan fingerprint density at radius 2 is 1.53 bits per heavy atom. The fourth-order valence-corrected chi connectivity index (χ4v) is 7.40. The molecule has 12 heteroatoms. The van der Waals surface area contributed by atoms with Crippen molar-refractivity contribution in [3.05, 3.63) is 142 Å². The summed E-state index contributed by atoms with van der Waals surface area (Å²) in [4.78, 5) is 70.6. The molecule has 0 saturated carbocycles. The monoisotopic (exact) mass is 758 g/mol. The molecule has 55 heavy (non-hydrogen) atoms. The number of carboxylic acids is 1. The van der Waals surface area contributed by atoms with Crippen LogP contribution in [0.25, 0.3) is 11.1 Å². The quantitative estimate of drug-likeness (QED) is 0.165. The molecule has 4 amide bonds. The molecule has 4 aromatic carbocycles. The van der Waals surface area contributed by atoms with Crippen molar-refractivity contribution in [1.82, 2.24) is 16.0 Å². The van der Waals surface area contributed by atoms with E-state index in [2.05, 4.69) is 16.0 Å². The Morgan fingerprint density at radius 3 is 2.20 bits per heavy atom. The highest BCUT2D eigenvalue weighted by atomic mass is 32.1. The number of carbonyl (C=O) groups is 5. The predicted molar refractivity (Wildman–Crippen MR) is 211 cm³/mol. The van der Waals surface area contributed by atoms with Crippen LogP contribution in [0.5, 0.6) is 5.75 Å². The Labute approximate surface area is 323 Å². The van der Waals surface area contributed by atoms with Gasteiger partial charge in [0.15, 0.2) is 6.61 Å². The summed E-state index contributed by atoms with van der Waals surface area (Å²) in [6.07, 6.45) is 0.00923. The highest BCUT2D eigenvalue weighted by Gasteiger charge is 2.35. The third kappa shape index (κ3) is 9.64. The lowest BCUT2D eigenvalue weighted by Crippen LogP contribution is -2.57. The van der Waals surface area contributed by atoms with E-state index in [0.29, 0.717) is 22.6 Å². The zero-order chi connectivity index (χ0) is 38.9. The van der Waals surface area contributed by atoms with Crippen LogP contribution in [0.3, 0.4) is 0 Å². The molecular weight excluding hydrogens is 717 g/mol. The van der Waals surface area contributed by atoms with Crippen molar-refractivity contribution in [3.8, 4) is 16.9 Å². The number of hydrogen-bond acceptors (Lipinski definition) is 7. The maximum Gasteiger partial charge on any atom is 0.327 e. The molecule has 2 aliphatic heterocycles. The molecular formula is C43H42N4O7S. The number of ether oxygens (including phenoxy) is 1. The summed E-state index contributed by atoms with van der Waals surface area (Å²) in [5, 5.41) is 20.7. The predicted octanol–water partition coefficient (Wildman–Crippen LogP) is 5.28. The summed E-state index contributed by atoms with van der Waals surface area (Å²) in [5.74, 6) is -3.80. The number of amides is 4. The third-order valence-electron chi connectivity index (χ3n) is 9.60. The van der Waals surface area contributed by atoms with E-state index in [1.54, 1.807) is 55.5 Å². The lowest BCUT2D eigenvalue weighted by Gasteiger charge is -2.31. The molecule has 0 saturated heterocycles. The van der Waals surface area contributed by atoms with Gasteiger partial charge in [-0.05, 0) is 64.4 Å². The number of rotatable bonds is 7. The molecule has 0 radical (unpaired) electrons. The van der Waals surface area contributed by atoms with E-state index in [1.807, 2.05) is 79.0 Å². The van der Waals surface area contributed by atoms with Crippen LogP contribution >= 0.6 is 11.3 Å². The molecule has 2 bridgehead atoms. The number of fused-ring (bicyclic) bond motifs is 16. The van der Waals surface area contributed by atoms with E-state index in [1.165, 1.54) is 16.2 Å². The maximum atomic E-state index is 14.2. The van der Waals surface area contributed by atoms with Gasteiger partial charge in [0.25, 0.3) is 5.91 Å². The Morgan fingerprint density at radius 1 is 0.836 bits per heavy atom. The van der Waals surface area contributed by atoms with Gasteiger partial charge in [-0.15, -0.1) is 11.3 Å². The van der Waals surface area contributed by atoms with Gasteiger partial charge in [-0.25, -0.2) is 4.79 Å². The fraction of sp³-hybridized carbons (Fsp3) is 0.233. The van der Waals surface area contributed by atoms with Gasteiger partial charge in [0.1, 0.15) is 23.9 Å². The number of nitrogens with zero attached hydrogens (tertiary/aromatic N) is 1. The second-order valence-corrected chi connectivity index (χ2v) is 14.4. The molecule has 0 spiro atoms. The fourth-order valence-electron chi connectivity index (χ4n) is 6.58. The first-order valence-electron chi connectivity index (χ1n) is 17.9. The molecule has 7 rings (SSSR count). The van der Waals surface area contributed by atoms with Crippen molar-refractivity contribution >= 4 is 46.6 Å². The third-order valence-corrected chi connectivity index (χ3v) is 10.7. The molecule has 282 valence electrons. The lowest BCUT2D eigenvalue weighted by molar-refractivity contribution is -0.140. The molecule has 0 fully saturated rings. The van der Waals surface area contributed by atoms with E-state index in [9.17, 15) is 29.1 Å². The van der Waals surface area contributed by atoms with Crippen molar-refractivity contribution in [2.45, 2.75) is 50.7 Å². The number of anilines is 1. The molecule has 1 aromatic heterocycles. The maximum absolute atomic E-state index is 14.2. The molecule has 3 heterocycles. The summed E-state index contributed by atoms with van der Waals surface area (Å²) >= 11 is 1.44. The van der Waals surface area contributed by atoms with E-state index >= 15 is 0 Å². The second-order valence-electron chi connectivity index (χ2n) is 13.4. The first-order chi connectivity index (χ1) is 26.6. The first kappa shape index (κ1) is 38.5. The number of aryl methyl sites for hydroxylation is 1. The highest BCUT2D eigenvalue weighted by molar-refractivity contribution is 7.10. The van der Waals surface area contributed by atoms with Crippen LogP contribution in [-0.4, -0.2) is 66.0 Å². The van der Waals surface area contributed by atoms with Gasteiger partial charge >= 0.3 is 5.97 Å². The summed E-state index contributed by atoms with van der Waals surface area (Å²) in [5.41, 5.74) is 4.39. The molecule has 4 atom stereocenters. The average molecular weight is 759 g/mol. The van der Waals surface area contributed by atoms with Crippen molar-refractivity contribution in [3.63, 3.8) is 0 Å². The smallest absolute Gasteiger partial charge is 0.327 e. The summed E-state index contributed by atoms with van der Waals surface area (Å²) in [7, 11) is 0. The van der Waals surface area contributed by atoms with Crippen molar-refractivity contribution in [1.29, 1.82) is 0 Å². The Kier molecular flexibility index (Phi) is 12.4. The number of nitrogens with one attached hydrogen (secondary N) is 3. The first-order valence-corrected chi connectivity index (χ1v) is 18.8. The largest absolute Gasteiger partial charge is 0.484 e. The zero-order valence-electron chi connectivity index (χ0n) is 30.4. The van der Waals surface area contributed by atoms with Gasteiger partial charge in [-0.2, -0.15) is 0 Å². The number of aliphatic carboxylic acids is 1. The molecule has 4 N–H and O–H groups in total. The van der Waals surface area contributed by atoms with E-state index < -0.39 is 66.8 Å². The minimum Gasteiger partial charge on any atom is -0.484 e. The van der Waals surface area contributed by atoms with Gasteiger partial charge in [0.05, 0.1) is 6.54 Å². The van der Waals surface area contributed by atoms with Crippen molar-refractivity contribution < 1.29 is 33.8 Å². The summed E-state index contributed by atoms with van der Waals surface area (Å²) in [6, 6.07) is 31.1. The summed E-state index contributed by atoms with van der Waals surface area (Å²) < 4.78 is 5.76. The molecule has 11 nitrogen and oxygen atoms in total. The van der Waals surface area contributed by atoms with Crippen LogP contribution in [0, 0.1) is 6.92 Å². The number of carbonyl (C=O) groups excluding carboxylic acids is 4. The van der Waals surface area contributed by atoms with Gasteiger partial charge in [-0.1, -0.05) is 97.9 Å². The minimum atomic E-state index is -1.33. The number of carboxylic acid groups (broad SMARTS) is 1. The van der Waals surface area contributed by atoms with Crippen LogP contribution in [0.4, 0.5) is 5.69 Å². The number of hydrogen-bond donors (Lipinski definition) is 4. The molecule has 1 unspecified atom stereocenters. The molecule has 0 aliphatic carbocycles. The van der Waals surface area contributed by atoms with Gasteiger partial charge in [0.2, 0.25) is 17.7 Å². The van der Waals surface area contributed by atoms with Crippen LogP contribution in [0.1, 0.15) is 34.4 Å². The number of para-hydroxylation sites is 1. The second kappa shape index (κ2) is 17.7. The zero-order valence-corrected chi connectivity index (χ0v) is 31.3. The minimum absolute atomic E-state index is 0.0515. The van der Waals surface area contributed by atoms with E-state index in [-0.39, 0.29) is 12.8 Å². The van der Waals surface area contributed by atoms with Crippen molar-refractivity contribution in [2.75, 3.05) is 18.1 Å². The highest BCUT2D eigenvalue weighted by Crippen LogP contribution is 2.27. The number of benzene rings is 4. The standard InChI is InChI=1S/C43H42N4O7S/c1-27-9-6-7-12-35(27)47-36(43(52)53)24-30-16-20-33(21-17-30)54-26-38(48)46-40(28(2)37-13-8-22-55-37)42(51)45-34(41(50)44-25-39(47)49)23-29-14-18-32(19-15-29)31-10-4-3-5-11-31/h3-22,28,34,36,40H,23-26H2,1-2H3,(H,44,50)(H,45,51)(H,46,48)(H,52,53)/t28?,34-,36-,40-/m0/s1.